The minimum Gasteiger partial charge on any atom is -0.325 e. The van der Waals surface area contributed by atoms with Crippen LogP contribution in [0.25, 0.3) is 11.3 Å². The van der Waals surface area contributed by atoms with E-state index in [0.29, 0.717) is 0 Å². The maximum Gasteiger partial charge on any atom is 0.234 e. The molecule has 3 heterocycles. The fourth-order valence-electron chi connectivity index (χ4n) is 2.77. The molecule has 0 fully saturated rings. The number of aromatic nitrogens is 4. The van der Waals surface area contributed by atoms with Gasteiger partial charge in [-0.3, -0.25) is 4.79 Å². The van der Waals surface area contributed by atoms with Crippen LogP contribution in [0.4, 0.5) is 5.69 Å². The van der Waals surface area contributed by atoms with Gasteiger partial charge in [0, 0.05) is 35.0 Å². The van der Waals surface area contributed by atoms with E-state index in [1.165, 1.54) is 16.6 Å². The van der Waals surface area contributed by atoms with E-state index < -0.39 is 0 Å². The molecule has 1 amide bonds. The lowest BCUT2D eigenvalue weighted by atomic mass is 10.1. The Bertz CT molecular complexity index is 1120. The predicted octanol–water partition coefficient (Wildman–Crippen LogP) is 4.63. The van der Waals surface area contributed by atoms with Crippen LogP contribution in [0.15, 0.2) is 52.3 Å². The Morgan fingerprint density at radius 1 is 1.21 bits per heavy atom. The van der Waals surface area contributed by atoms with Gasteiger partial charge in [-0.2, -0.15) is 0 Å². The summed E-state index contributed by atoms with van der Waals surface area (Å²) in [6.07, 6.45) is 0.747. The summed E-state index contributed by atoms with van der Waals surface area (Å²) in [5.74, 6) is 1.08. The molecule has 0 radical (unpaired) electrons. The molecule has 0 aliphatic carbocycles. The van der Waals surface area contributed by atoms with Crippen LogP contribution in [0.3, 0.4) is 0 Å². The zero-order valence-corrected chi connectivity index (χ0v) is 18.4. The number of rotatable bonds is 7. The minimum atomic E-state index is -0.0792. The van der Waals surface area contributed by atoms with Crippen molar-refractivity contribution in [2.45, 2.75) is 18.5 Å². The maximum absolute atomic E-state index is 12.4. The van der Waals surface area contributed by atoms with Crippen molar-refractivity contribution in [3.05, 3.63) is 62.9 Å². The van der Waals surface area contributed by atoms with Gasteiger partial charge >= 0.3 is 0 Å². The minimum absolute atomic E-state index is 0.0792. The van der Waals surface area contributed by atoms with E-state index in [-0.39, 0.29) is 11.7 Å². The lowest BCUT2D eigenvalue weighted by Crippen LogP contribution is -2.14. The van der Waals surface area contributed by atoms with Crippen LogP contribution in [0.1, 0.15) is 15.7 Å². The molecule has 3 aromatic heterocycles. The molecule has 0 aliphatic rings. The van der Waals surface area contributed by atoms with Gasteiger partial charge in [0.15, 0.2) is 5.16 Å². The Labute approximate surface area is 181 Å². The summed E-state index contributed by atoms with van der Waals surface area (Å²) < 4.78 is 1.95. The van der Waals surface area contributed by atoms with E-state index in [2.05, 4.69) is 31.9 Å². The third-order valence-corrected chi connectivity index (χ3v) is 6.90. The van der Waals surface area contributed by atoms with E-state index in [4.69, 9.17) is 0 Å². The monoisotopic (exact) mass is 441 g/mol. The molecule has 29 heavy (non-hydrogen) atoms. The first-order valence-corrected chi connectivity index (χ1v) is 11.7. The zero-order valence-electron chi connectivity index (χ0n) is 16.0. The number of nitrogens with zero attached hydrogens (tertiary/aromatic N) is 4. The number of carbonyl (C=O) groups is 1. The SMILES string of the molecule is Cc1nc(-c2cccc(NC(=O)CSc3nnc(Cc4cccs4)n3C)c2)cs1. The number of thiophene rings is 1. The topological polar surface area (TPSA) is 72.7 Å². The lowest BCUT2D eigenvalue weighted by Gasteiger charge is -2.07. The Balaban J connectivity index is 1.35. The summed E-state index contributed by atoms with van der Waals surface area (Å²) in [6, 6.07) is 11.9. The number of hydrogen-bond donors (Lipinski definition) is 1. The van der Waals surface area contributed by atoms with E-state index in [9.17, 15) is 4.79 Å². The van der Waals surface area contributed by atoms with Crippen molar-refractivity contribution in [1.82, 2.24) is 19.7 Å². The number of aryl methyl sites for hydroxylation is 1. The Kier molecular flexibility index (Phi) is 6.08. The summed E-state index contributed by atoms with van der Waals surface area (Å²) in [5.41, 5.74) is 2.68. The highest BCUT2D eigenvalue weighted by Gasteiger charge is 2.13. The molecule has 1 N–H and O–H groups in total. The Morgan fingerprint density at radius 2 is 2.10 bits per heavy atom. The van der Waals surface area contributed by atoms with Crippen molar-refractivity contribution in [3.8, 4) is 11.3 Å². The zero-order chi connectivity index (χ0) is 20.2. The van der Waals surface area contributed by atoms with Gasteiger partial charge in [0.05, 0.1) is 16.5 Å². The van der Waals surface area contributed by atoms with Crippen molar-refractivity contribution >= 4 is 46.0 Å². The predicted molar refractivity (Wildman–Crippen MR) is 120 cm³/mol. The van der Waals surface area contributed by atoms with Crippen molar-refractivity contribution in [2.75, 3.05) is 11.1 Å². The van der Waals surface area contributed by atoms with Crippen LogP contribution in [-0.2, 0) is 18.3 Å². The van der Waals surface area contributed by atoms with Gasteiger partial charge in [-0.15, -0.1) is 32.9 Å². The van der Waals surface area contributed by atoms with Crippen molar-refractivity contribution in [1.29, 1.82) is 0 Å². The molecular formula is C20H19N5OS3. The average molecular weight is 442 g/mol. The molecule has 148 valence electrons. The second-order valence-corrected chi connectivity index (χ2v) is 9.42. The molecule has 0 spiro atoms. The first-order chi connectivity index (χ1) is 14.1. The normalized spacial score (nSPS) is 11.0. The molecule has 0 unspecified atom stereocenters. The van der Waals surface area contributed by atoms with Crippen LogP contribution < -0.4 is 5.32 Å². The third kappa shape index (κ3) is 4.92. The number of hydrogen-bond acceptors (Lipinski definition) is 7. The first kappa shape index (κ1) is 19.8. The number of benzene rings is 1. The molecule has 4 rings (SSSR count). The molecule has 0 bridgehead atoms. The van der Waals surface area contributed by atoms with Gasteiger partial charge in [0.1, 0.15) is 5.82 Å². The van der Waals surface area contributed by atoms with Gasteiger partial charge in [0.25, 0.3) is 0 Å². The fourth-order valence-corrected chi connectivity index (χ4v) is 4.83. The molecule has 0 saturated heterocycles. The van der Waals surface area contributed by atoms with Crippen LogP contribution in [0.2, 0.25) is 0 Å². The van der Waals surface area contributed by atoms with Gasteiger partial charge in [-0.1, -0.05) is 30.0 Å². The average Bonchev–Trinajstić information content (AvgIpc) is 3.44. The van der Waals surface area contributed by atoms with Crippen molar-refractivity contribution in [3.63, 3.8) is 0 Å². The van der Waals surface area contributed by atoms with E-state index in [1.54, 1.807) is 22.7 Å². The molecule has 0 atom stereocenters. The molecule has 0 saturated carbocycles. The fraction of sp³-hybridized carbons (Fsp3) is 0.200. The van der Waals surface area contributed by atoms with Gasteiger partial charge < -0.3 is 9.88 Å². The Hall–Kier alpha value is -2.49. The summed E-state index contributed by atoms with van der Waals surface area (Å²) in [7, 11) is 1.93. The quantitative estimate of drug-likeness (QED) is 0.423. The number of thiazole rings is 1. The van der Waals surface area contributed by atoms with E-state index in [1.807, 2.05) is 54.3 Å². The van der Waals surface area contributed by atoms with Crippen LogP contribution in [0.5, 0.6) is 0 Å². The van der Waals surface area contributed by atoms with Gasteiger partial charge in [-0.05, 0) is 30.5 Å². The summed E-state index contributed by atoms with van der Waals surface area (Å²) in [4.78, 5) is 18.2. The van der Waals surface area contributed by atoms with Crippen molar-refractivity contribution < 1.29 is 4.79 Å². The smallest absolute Gasteiger partial charge is 0.234 e. The highest BCUT2D eigenvalue weighted by molar-refractivity contribution is 7.99. The molecule has 4 aromatic rings. The summed E-state index contributed by atoms with van der Waals surface area (Å²) in [5, 5.41) is 17.3. The number of amides is 1. The highest BCUT2D eigenvalue weighted by Crippen LogP contribution is 2.25. The molecular weight excluding hydrogens is 422 g/mol. The number of nitrogens with one attached hydrogen (secondary N) is 1. The van der Waals surface area contributed by atoms with Gasteiger partial charge in [0.2, 0.25) is 5.91 Å². The molecule has 6 nitrogen and oxygen atoms in total. The standard InChI is InChI=1S/C20H19N5OS3/c1-13-21-17(11-28-13)14-5-3-6-15(9-14)22-19(26)12-29-20-24-23-18(25(20)2)10-16-7-4-8-27-16/h3-9,11H,10,12H2,1-2H3,(H,22,26). The summed E-state index contributed by atoms with van der Waals surface area (Å²) >= 11 is 4.69. The molecule has 9 heteroatoms. The lowest BCUT2D eigenvalue weighted by molar-refractivity contribution is -0.113. The van der Waals surface area contributed by atoms with Crippen LogP contribution in [-0.4, -0.2) is 31.4 Å². The van der Waals surface area contributed by atoms with E-state index in [0.717, 1.165) is 39.4 Å². The number of carbonyl (C=O) groups excluding carboxylic acids is 1. The van der Waals surface area contributed by atoms with Crippen LogP contribution >= 0.6 is 34.4 Å². The molecule has 0 aliphatic heterocycles. The van der Waals surface area contributed by atoms with E-state index >= 15 is 0 Å². The second kappa shape index (κ2) is 8.89. The first-order valence-electron chi connectivity index (χ1n) is 8.94. The number of thioether (sulfide) groups is 1. The third-order valence-electron chi connectivity index (χ3n) is 4.23. The van der Waals surface area contributed by atoms with Crippen LogP contribution in [0, 0.1) is 6.92 Å². The second-order valence-electron chi connectivity index (χ2n) is 6.38. The summed E-state index contributed by atoms with van der Waals surface area (Å²) in [6.45, 7) is 1.98. The van der Waals surface area contributed by atoms with Gasteiger partial charge in [-0.25, -0.2) is 4.98 Å². The number of anilines is 1. The molecule has 1 aromatic carbocycles. The maximum atomic E-state index is 12.4. The van der Waals surface area contributed by atoms with Crippen molar-refractivity contribution in [2.24, 2.45) is 7.05 Å². The highest BCUT2D eigenvalue weighted by atomic mass is 32.2. The Morgan fingerprint density at radius 3 is 2.86 bits per heavy atom. The largest absolute Gasteiger partial charge is 0.325 e.